The fourth-order valence-electron chi connectivity index (χ4n) is 2.98. The summed E-state index contributed by atoms with van der Waals surface area (Å²) >= 11 is 3.31. The first-order valence-corrected chi connectivity index (χ1v) is 11.6. The number of anilines is 1. The lowest BCUT2D eigenvalue weighted by Gasteiger charge is -2.10. The smallest absolute Gasteiger partial charge is 0.256 e. The number of thiazole rings is 1. The van der Waals surface area contributed by atoms with Gasteiger partial charge < -0.3 is 5.32 Å². The normalized spacial score (nSPS) is 10.8. The topological polar surface area (TPSA) is 59.8 Å². The molecule has 1 amide bonds. The van der Waals surface area contributed by atoms with E-state index in [-0.39, 0.29) is 5.91 Å². The third-order valence-corrected chi connectivity index (χ3v) is 6.39. The number of hydrogen-bond donors (Lipinski definition) is 1. The van der Waals surface area contributed by atoms with E-state index in [1.54, 1.807) is 34.0 Å². The molecule has 0 bridgehead atoms. The lowest BCUT2D eigenvalue weighted by molar-refractivity contribution is 0.102. The van der Waals surface area contributed by atoms with Gasteiger partial charge >= 0.3 is 0 Å². The summed E-state index contributed by atoms with van der Waals surface area (Å²) in [6.07, 6.45) is 2.72. The molecule has 152 valence electrons. The van der Waals surface area contributed by atoms with Gasteiger partial charge in [0.1, 0.15) is 5.82 Å². The Morgan fingerprint density at radius 2 is 1.83 bits per heavy atom. The van der Waals surface area contributed by atoms with Gasteiger partial charge in [-0.1, -0.05) is 31.2 Å². The number of carbonyl (C=O) groups is 1. The van der Waals surface area contributed by atoms with E-state index in [1.165, 1.54) is 5.56 Å². The second-order valence-electron chi connectivity index (χ2n) is 6.79. The quantitative estimate of drug-likeness (QED) is 0.372. The van der Waals surface area contributed by atoms with Crippen LogP contribution in [0.1, 0.15) is 34.1 Å². The van der Waals surface area contributed by atoms with Crippen LogP contribution in [0.5, 0.6) is 0 Å². The van der Waals surface area contributed by atoms with Crippen molar-refractivity contribution in [1.82, 2.24) is 14.8 Å². The summed E-state index contributed by atoms with van der Waals surface area (Å²) in [6, 6.07) is 17.9. The second-order valence-corrected chi connectivity index (χ2v) is 8.56. The molecule has 0 saturated heterocycles. The zero-order chi connectivity index (χ0) is 20.8. The fourth-order valence-corrected chi connectivity index (χ4v) is 4.44. The summed E-state index contributed by atoms with van der Waals surface area (Å²) in [7, 11) is 0. The molecular weight excluding hydrogens is 412 g/mol. The SMILES string of the molecule is CCc1ccc(Cn2nccc2NC(=O)c2ccc(SCc3cscn3)cc2)cc1. The number of thioether (sulfide) groups is 1. The van der Waals surface area contributed by atoms with Gasteiger partial charge in [0, 0.05) is 27.7 Å². The highest BCUT2D eigenvalue weighted by Crippen LogP contribution is 2.23. The minimum atomic E-state index is -0.144. The highest BCUT2D eigenvalue weighted by molar-refractivity contribution is 7.98. The van der Waals surface area contributed by atoms with Crippen molar-refractivity contribution in [3.05, 3.63) is 94.1 Å². The number of benzene rings is 2. The molecule has 0 saturated carbocycles. The minimum Gasteiger partial charge on any atom is -0.307 e. The summed E-state index contributed by atoms with van der Waals surface area (Å²) in [5.74, 6) is 1.36. The molecule has 4 aromatic rings. The van der Waals surface area contributed by atoms with Gasteiger partial charge in [-0.15, -0.1) is 23.1 Å². The summed E-state index contributed by atoms with van der Waals surface area (Å²) in [6.45, 7) is 2.75. The van der Waals surface area contributed by atoms with Gasteiger partial charge in [-0.2, -0.15) is 5.10 Å². The molecule has 2 heterocycles. The molecule has 0 radical (unpaired) electrons. The highest BCUT2D eigenvalue weighted by Gasteiger charge is 2.10. The van der Waals surface area contributed by atoms with Crippen molar-refractivity contribution >= 4 is 34.8 Å². The van der Waals surface area contributed by atoms with E-state index in [1.807, 2.05) is 35.8 Å². The van der Waals surface area contributed by atoms with E-state index in [0.717, 1.165) is 28.3 Å². The van der Waals surface area contributed by atoms with Crippen LogP contribution >= 0.6 is 23.1 Å². The Morgan fingerprint density at radius 3 is 2.53 bits per heavy atom. The number of aromatic nitrogens is 3. The van der Waals surface area contributed by atoms with Crippen LogP contribution in [0.3, 0.4) is 0 Å². The molecule has 4 rings (SSSR count). The lowest BCUT2D eigenvalue weighted by Crippen LogP contribution is -2.16. The van der Waals surface area contributed by atoms with Crippen LogP contribution in [0, 0.1) is 0 Å². The van der Waals surface area contributed by atoms with E-state index >= 15 is 0 Å². The van der Waals surface area contributed by atoms with Crippen molar-refractivity contribution in [2.75, 3.05) is 5.32 Å². The van der Waals surface area contributed by atoms with Crippen molar-refractivity contribution in [2.45, 2.75) is 30.5 Å². The molecule has 0 aliphatic heterocycles. The number of carbonyl (C=O) groups excluding carboxylic acids is 1. The molecule has 0 unspecified atom stereocenters. The summed E-state index contributed by atoms with van der Waals surface area (Å²) in [4.78, 5) is 18.1. The molecule has 2 aromatic carbocycles. The largest absolute Gasteiger partial charge is 0.307 e. The third kappa shape index (κ3) is 5.17. The van der Waals surface area contributed by atoms with Gasteiger partial charge in [0.15, 0.2) is 0 Å². The highest BCUT2D eigenvalue weighted by atomic mass is 32.2. The average Bonchev–Trinajstić information content (AvgIpc) is 3.45. The Bertz CT molecular complexity index is 1090. The van der Waals surface area contributed by atoms with Crippen molar-refractivity contribution in [3.63, 3.8) is 0 Å². The van der Waals surface area contributed by atoms with Crippen LogP contribution in [0.25, 0.3) is 0 Å². The van der Waals surface area contributed by atoms with Crippen molar-refractivity contribution in [1.29, 1.82) is 0 Å². The Morgan fingerprint density at radius 1 is 1.07 bits per heavy atom. The van der Waals surface area contributed by atoms with Gasteiger partial charge in [0.25, 0.3) is 5.91 Å². The standard InChI is InChI=1S/C23H22N4OS2/c1-2-17-3-5-18(6-4-17)13-27-22(11-12-25-27)26-23(28)19-7-9-21(10-8-19)30-15-20-14-29-16-24-20/h3-12,14,16H,2,13,15H2,1H3,(H,26,28). The van der Waals surface area contributed by atoms with Gasteiger partial charge in [-0.05, 0) is 41.8 Å². The molecule has 5 nitrogen and oxygen atoms in total. The molecule has 0 spiro atoms. The monoisotopic (exact) mass is 434 g/mol. The molecule has 0 aliphatic rings. The fraction of sp³-hybridized carbons (Fsp3) is 0.174. The third-order valence-electron chi connectivity index (χ3n) is 4.71. The Labute approximate surface area is 184 Å². The first kappa shape index (κ1) is 20.4. The molecule has 0 fully saturated rings. The van der Waals surface area contributed by atoms with Gasteiger partial charge in [0.05, 0.1) is 23.9 Å². The first-order valence-electron chi connectivity index (χ1n) is 9.72. The van der Waals surface area contributed by atoms with Crippen molar-refractivity contribution in [3.8, 4) is 0 Å². The summed E-state index contributed by atoms with van der Waals surface area (Å²) in [5, 5.41) is 9.38. The number of hydrogen-bond acceptors (Lipinski definition) is 5. The molecule has 1 N–H and O–H groups in total. The van der Waals surface area contributed by atoms with Gasteiger partial charge in [-0.25, -0.2) is 9.67 Å². The zero-order valence-electron chi connectivity index (χ0n) is 16.6. The van der Waals surface area contributed by atoms with E-state index in [2.05, 4.69) is 52.0 Å². The second kappa shape index (κ2) is 9.73. The van der Waals surface area contributed by atoms with Crippen LogP contribution in [0.4, 0.5) is 5.82 Å². The van der Waals surface area contributed by atoms with Crippen LogP contribution < -0.4 is 5.32 Å². The molecule has 0 aliphatic carbocycles. The molecule has 7 heteroatoms. The van der Waals surface area contributed by atoms with E-state index < -0.39 is 0 Å². The zero-order valence-corrected chi connectivity index (χ0v) is 18.2. The first-order chi connectivity index (χ1) is 14.7. The number of amides is 1. The number of rotatable bonds is 8. The van der Waals surface area contributed by atoms with E-state index in [9.17, 15) is 4.79 Å². The Kier molecular flexibility index (Phi) is 6.61. The predicted molar refractivity (Wildman–Crippen MR) is 123 cm³/mol. The molecule has 30 heavy (non-hydrogen) atoms. The number of nitrogens with zero attached hydrogens (tertiary/aromatic N) is 3. The number of nitrogens with one attached hydrogen (secondary N) is 1. The predicted octanol–water partition coefficient (Wildman–Crippen LogP) is 5.49. The maximum absolute atomic E-state index is 12.7. The van der Waals surface area contributed by atoms with Crippen molar-refractivity contribution in [2.24, 2.45) is 0 Å². The van der Waals surface area contributed by atoms with Gasteiger partial charge in [0.2, 0.25) is 0 Å². The molecular formula is C23H22N4OS2. The Hall–Kier alpha value is -2.90. The van der Waals surface area contributed by atoms with E-state index in [0.29, 0.717) is 17.9 Å². The van der Waals surface area contributed by atoms with Crippen molar-refractivity contribution < 1.29 is 4.79 Å². The van der Waals surface area contributed by atoms with Crippen LogP contribution in [0.2, 0.25) is 0 Å². The maximum atomic E-state index is 12.7. The minimum absolute atomic E-state index is 0.144. The molecule has 2 aromatic heterocycles. The van der Waals surface area contributed by atoms with Crippen LogP contribution in [-0.2, 0) is 18.7 Å². The van der Waals surface area contributed by atoms with Gasteiger partial charge in [-0.3, -0.25) is 4.79 Å². The number of aryl methyl sites for hydroxylation is 1. The van der Waals surface area contributed by atoms with Crippen LogP contribution in [-0.4, -0.2) is 20.7 Å². The van der Waals surface area contributed by atoms with E-state index in [4.69, 9.17) is 0 Å². The molecule has 0 atom stereocenters. The van der Waals surface area contributed by atoms with Crippen LogP contribution in [0.15, 0.2) is 76.6 Å². The lowest BCUT2D eigenvalue weighted by atomic mass is 10.1. The maximum Gasteiger partial charge on any atom is 0.256 e. The summed E-state index contributed by atoms with van der Waals surface area (Å²) in [5.41, 5.74) is 5.99. The summed E-state index contributed by atoms with van der Waals surface area (Å²) < 4.78 is 1.80. The Balaban J connectivity index is 1.37. The average molecular weight is 435 g/mol.